The van der Waals surface area contributed by atoms with Gasteiger partial charge in [-0.25, -0.2) is 0 Å². The van der Waals surface area contributed by atoms with Crippen molar-refractivity contribution in [1.82, 2.24) is 0 Å². The van der Waals surface area contributed by atoms with Crippen molar-refractivity contribution in [3.63, 3.8) is 0 Å². The van der Waals surface area contributed by atoms with Crippen molar-refractivity contribution in [2.45, 2.75) is 33.1 Å². The van der Waals surface area contributed by atoms with Gasteiger partial charge in [-0.1, -0.05) is 20.3 Å². The third-order valence-electron chi connectivity index (χ3n) is 1.86. The molecule has 1 aliphatic heterocycles. The lowest BCUT2D eigenvalue weighted by atomic mass is 10.2. The van der Waals surface area contributed by atoms with Crippen LogP contribution in [0.1, 0.15) is 33.1 Å². The minimum atomic E-state index is 0.611. The standard InChI is InChI=1S/C9H17NO/c1-3-4-5-9-10-6-8(2)7-11-9/h8H,3-7H2,1-2H3. The summed E-state index contributed by atoms with van der Waals surface area (Å²) in [6.45, 7) is 6.17. The van der Waals surface area contributed by atoms with Gasteiger partial charge in [0.15, 0.2) is 5.90 Å². The molecule has 1 unspecified atom stereocenters. The van der Waals surface area contributed by atoms with Crippen LogP contribution < -0.4 is 0 Å². The van der Waals surface area contributed by atoms with E-state index in [-0.39, 0.29) is 0 Å². The quantitative estimate of drug-likeness (QED) is 0.612. The highest BCUT2D eigenvalue weighted by Crippen LogP contribution is 2.08. The molecule has 2 nitrogen and oxygen atoms in total. The highest BCUT2D eigenvalue weighted by Gasteiger charge is 2.10. The number of rotatable bonds is 3. The maximum absolute atomic E-state index is 5.44. The Morgan fingerprint density at radius 3 is 3.00 bits per heavy atom. The molecule has 11 heavy (non-hydrogen) atoms. The third-order valence-corrected chi connectivity index (χ3v) is 1.86. The second kappa shape index (κ2) is 4.37. The maximum atomic E-state index is 5.44. The van der Waals surface area contributed by atoms with Crippen molar-refractivity contribution in [3.8, 4) is 0 Å². The van der Waals surface area contributed by atoms with Crippen molar-refractivity contribution in [2.24, 2.45) is 10.9 Å². The van der Waals surface area contributed by atoms with E-state index < -0.39 is 0 Å². The van der Waals surface area contributed by atoms with Gasteiger partial charge in [-0.15, -0.1) is 0 Å². The molecule has 0 radical (unpaired) electrons. The lowest BCUT2D eigenvalue weighted by Gasteiger charge is -2.18. The highest BCUT2D eigenvalue weighted by molar-refractivity contribution is 5.76. The molecule has 0 spiro atoms. The summed E-state index contributed by atoms with van der Waals surface area (Å²) in [5, 5.41) is 0. The average molecular weight is 155 g/mol. The molecular weight excluding hydrogens is 138 g/mol. The van der Waals surface area contributed by atoms with Gasteiger partial charge in [0.25, 0.3) is 0 Å². The van der Waals surface area contributed by atoms with Gasteiger partial charge in [-0.05, 0) is 6.42 Å². The van der Waals surface area contributed by atoms with Crippen LogP contribution in [0.2, 0.25) is 0 Å². The topological polar surface area (TPSA) is 21.6 Å². The first-order valence-electron chi connectivity index (χ1n) is 4.49. The van der Waals surface area contributed by atoms with E-state index in [0.29, 0.717) is 5.92 Å². The van der Waals surface area contributed by atoms with E-state index in [0.717, 1.165) is 25.5 Å². The molecule has 0 aromatic carbocycles. The number of aliphatic imine (C=N–C) groups is 1. The van der Waals surface area contributed by atoms with Gasteiger partial charge < -0.3 is 4.74 Å². The summed E-state index contributed by atoms with van der Waals surface area (Å²) < 4.78 is 5.44. The molecule has 0 bridgehead atoms. The second-order valence-corrected chi connectivity index (χ2v) is 3.25. The van der Waals surface area contributed by atoms with Crippen LogP contribution in [0.5, 0.6) is 0 Å². The number of unbranched alkanes of at least 4 members (excludes halogenated alkanes) is 1. The molecule has 0 saturated heterocycles. The van der Waals surface area contributed by atoms with E-state index in [1.807, 2.05) is 0 Å². The van der Waals surface area contributed by atoms with Crippen molar-refractivity contribution >= 4 is 5.90 Å². The Labute approximate surface area is 68.7 Å². The van der Waals surface area contributed by atoms with E-state index in [9.17, 15) is 0 Å². The van der Waals surface area contributed by atoms with Gasteiger partial charge in [-0.2, -0.15) is 0 Å². The molecule has 64 valence electrons. The molecule has 0 N–H and O–H groups in total. The molecule has 1 atom stereocenters. The summed E-state index contributed by atoms with van der Waals surface area (Å²) in [4.78, 5) is 4.34. The monoisotopic (exact) mass is 155 g/mol. The summed E-state index contributed by atoms with van der Waals surface area (Å²) in [6.07, 6.45) is 3.45. The predicted octanol–water partition coefficient (Wildman–Crippen LogP) is 2.24. The van der Waals surface area contributed by atoms with Gasteiger partial charge in [0, 0.05) is 18.9 Å². The highest BCUT2D eigenvalue weighted by atomic mass is 16.5. The third kappa shape index (κ3) is 2.91. The minimum Gasteiger partial charge on any atom is -0.481 e. The Morgan fingerprint density at radius 1 is 1.64 bits per heavy atom. The second-order valence-electron chi connectivity index (χ2n) is 3.25. The Morgan fingerprint density at radius 2 is 2.45 bits per heavy atom. The number of ether oxygens (including phenoxy) is 1. The van der Waals surface area contributed by atoms with Crippen LogP contribution in [0, 0.1) is 5.92 Å². The minimum absolute atomic E-state index is 0.611. The molecule has 1 aliphatic rings. The van der Waals surface area contributed by atoms with Gasteiger partial charge in [0.05, 0.1) is 6.61 Å². The number of hydrogen-bond acceptors (Lipinski definition) is 2. The van der Waals surface area contributed by atoms with Crippen molar-refractivity contribution in [1.29, 1.82) is 0 Å². The summed E-state index contributed by atoms with van der Waals surface area (Å²) in [6, 6.07) is 0. The lowest BCUT2D eigenvalue weighted by molar-refractivity contribution is 0.223. The van der Waals surface area contributed by atoms with E-state index in [2.05, 4.69) is 18.8 Å². The Hall–Kier alpha value is -0.530. The molecule has 0 fully saturated rings. The molecule has 0 aliphatic carbocycles. The molecule has 0 amide bonds. The zero-order valence-electron chi connectivity index (χ0n) is 7.47. The average Bonchev–Trinajstić information content (AvgIpc) is 2.04. The normalized spacial score (nSPS) is 24.2. The van der Waals surface area contributed by atoms with E-state index in [4.69, 9.17) is 4.74 Å². The maximum Gasteiger partial charge on any atom is 0.183 e. The molecule has 0 aromatic heterocycles. The van der Waals surface area contributed by atoms with Crippen LogP contribution in [-0.2, 0) is 4.74 Å². The van der Waals surface area contributed by atoms with Crippen molar-refractivity contribution in [2.75, 3.05) is 13.2 Å². The SMILES string of the molecule is CCCCC1=NCC(C)CO1. The van der Waals surface area contributed by atoms with Crippen LogP contribution in [-0.4, -0.2) is 19.0 Å². The van der Waals surface area contributed by atoms with Crippen LogP contribution in [0.15, 0.2) is 4.99 Å². The summed E-state index contributed by atoms with van der Waals surface area (Å²) >= 11 is 0. The zero-order valence-corrected chi connectivity index (χ0v) is 7.47. The first-order chi connectivity index (χ1) is 5.33. The Bertz CT molecular complexity index is 142. The Balaban J connectivity index is 2.24. The summed E-state index contributed by atoms with van der Waals surface area (Å²) in [7, 11) is 0. The molecular formula is C9H17NO. The van der Waals surface area contributed by atoms with Crippen LogP contribution in [0.3, 0.4) is 0 Å². The zero-order chi connectivity index (χ0) is 8.10. The van der Waals surface area contributed by atoms with Crippen molar-refractivity contribution < 1.29 is 4.74 Å². The lowest BCUT2D eigenvalue weighted by Crippen LogP contribution is -2.20. The van der Waals surface area contributed by atoms with Crippen molar-refractivity contribution in [3.05, 3.63) is 0 Å². The largest absolute Gasteiger partial charge is 0.481 e. The first-order valence-corrected chi connectivity index (χ1v) is 4.49. The fourth-order valence-corrected chi connectivity index (χ4v) is 1.07. The van der Waals surface area contributed by atoms with Gasteiger partial charge in [0.1, 0.15) is 0 Å². The predicted molar refractivity (Wildman–Crippen MR) is 46.9 cm³/mol. The van der Waals surface area contributed by atoms with E-state index in [1.54, 1.807) is 0 Å². The van der Waals surface area contributed by atoms with Gasteiger partial charge >= 0.3 is 0 Å². The van der Waals surface area contributed by atoms with E-state index in [1.165, 1.54) is 12.8 Å². The van der Waals surface area contributed by atoms with E-state index >= 15 is 0 Å². The van der Waals surface area contributed by atoms with Gasteiger partial charge in [0.2, 0.25) is 0 Å². The molecule has 0 aromatic rings. The molecule has 2 heteroatoms. The Kier molecular flexibility index (Phi) is 3.40. The number of hydrogen-bond donors (Lipinski definition) is 0. The number of nitrogens with zero attached hydrogens (tertiary/aromatic N) is 1. The molecule has 1 heterocycles. The summed E-state index contributed by atoms with van der Waals surface area (Å²) in [5.74, 6) is 1.59. The first kappa shape index (κ1) is 8.57. The fraction of sp³-hybridized carbons (Fsp3) is 0.889. The fourth-order valence-electron chi connectivity index (χ4n) is 1.07. The van der Waals surface area contributed by atoms with Crippen LogP contribution in [0.25, 0.3) is 0 Å². The van der Waals surface area contributed by atoms with Crippen LogP contribution >= 0.6 is 0 Å². The molecule has 0 saturated carbocycles. The molecule has 1 rings (SSSR count). The van der Waals surface area contributed by atoms with Gasteiger partial charge in [-0.3, -0.25) is 4.99 Å². The smallest absolute Gasteiger partial charge is 0.183 e. The summed E-state index contributed by atoms with van der Waals surface area (Å²) in [5.41, 5.74) is 0. The van der Waals surface area contributed by atoms with Crippen LogP contribution in [0.4, 0.5) is 0 Å².